The molecule has 1 aromatic rings. The minimum absolute atomic E-state index is 0.228. The molecule has 1 heterocycles. The summed E-state index contributed by atoms with van der Waals surface area (Å²) in [5, 5.41) is 24.7. The highest BCUT2D eigenvalue weighted by Crippen LogP contribution is 2.05. The first-order valence-corrected chi connectivity index (χ1v) is 10.4. The summed E-state index contributed by atoms with van der Waals surface area (Å²) >= 11 is 0. The number of carbonyl (C=O) groups excluding carboxylic acids is 5. The number of amides is 5. The van der Waals surface area contributed by atoms with Gasteiger partial charge in [0.25, 0.3) is 0 Å². The van der Waals surface area contributed by atoms with Crippen LogP contribution in [0.15, 0.2) is 12.5 Å². The molecule has 17 nitrogen and oxygen atoms in total. The predicted octanol–water partition coefficient (Wildman–Crippen LogP) is -4.57. The topological polar surface area (TPSA) is 303 Å². The van der Waals surface area contributed by atoms with E-state index in [9.17, 15) is 38.7 Å². The summed E-state index contributed by atoms with van der Waals surface area (Å²) in [6, 6.07) is -6.09. The number of aromatic nitrogens is 2. The summed E-state index contributed by atoms with van der Waals surface area (Å²) in [4.78, 5) is 89.0. The Kier molecular flexibility index (Phi) is 11.5. The molecule has 0 fully saturated rings. The molecule has 4 unspecified atom stereocenters. The van der Waals surface area contributed by atoms with Crippen LogP contribution in [-0.4, -0.2) is 85.8 Å². The van der Waals surface area contributed by atoms with Gasteiger partial charge in [0.05, 0.1) is 25.2 Å². The number of rotatable bonds is 16. The fourth-order valence-electron chi connectivity index (χ4n) is 2.89. The first kappa shape index (κ1) is 29.5. The van der Waals surface area contributed by atoms with E-state index >= 15 is 0 Å². The van der Waals surface area contributed by atoms with Crippen LogP contribution in [0.3, 0.4) is 0 Å². The number of hydrogen-bond acceptors (Lipinski definition) is 9. The standard InChI is InChI=1S/C19H28N8O9/c20-9(4-14(22)29)16(32)25-10(1-2-13(21)28)17(33)26-11(3-8-6-23-7-24-8)18(34)27-12(19(35)36)5-15(30)31/h6-7,9-12H,1-5,20H2,(H2,21,28)(H2,22,29)(H,23,24)(H,25,32)(H,26,33)(H,27,34)(H,30,31)(H,35,36). The second-order valence-corrected chi connectivity index (χ2v) is 7.68. The number of aromatic amines is 1. The summed E-state index contributed by atoms with van der Waals surface area (Å²) in [5.74, 6) is -7.74. The van der Waals surface area contributed by atoms with Gasteiger partial charge in [-0.2, -0.15) is 0 Å². The van der Waals surface area contributed by atoms with Gasteiger partial charge in [-0.3, -0.25) is 28.8 Å². The molecule has 5 amide bonds. The lowest BCUT2D eigenvalue weighted by Crippen LogP contribution is -2.58. The number of carbonyl (C=O) groups is 7. The molecule has 0 radical (unpaired) electrons. The quantitative estimate of drug-likeness (QED) is 0.101. The molecule has 4 atom stereocenters. The van der Waals surface area contributed by atoms with E-state index in [1.165, 1.54) is 12.5 Å². The SMILES string of the molecule is NC(=O)CCC(NC(=O)C(N)CC(N)=O)C(=O)NC(Cc1cnc[nH]1)C(=O)NC(CC(=O)O)C(=O)O. The summed E-state index contributed by atoms with van der Waals surface area (Å²) in [6.45, 7) is 0. The number of carboxylic acid groups (broad SMARTS) is 2. The van der Waals surface area contributed by atoms with Gasteiger partial charge in [0, 0.05) is 24.7 Å². The number of hydrogen-bond donors (Lipinski definition) is 9. The van der Waals surface area contributed by atoms with Gasteiger partial charge in [-0.15, -0.1) is 0 Å². The number of imidazole rings is 1. The largest absolute Gasteiger partial charge is 0.481 e. The minimum Gasteiger partial charge on any atom is -0.481 e. The minimum atomic E-state index is -1.80. The Balaban J connectivity index is 3.10. The Morgan fingerprint density at radius 3 is 1.94 bits per heavy atom. The van der Waals surface area contributed by atoms with Crippen molar-refractivity contribution in [2.45, 2.75) is 56.3 Å². The Morgan fingerprint density at radius 1 is 0.861 bits per heavy atom. The molecule has 0 saturated heterocycles. The molecule has 12 N–H and O–H groups in total. The highest BCUT2D eigenvalue weighted by Gasteiger charge is 2.31. The van der Waals surface area contributed by atoms with Gasteiger partial charge in [0.2, 0.25) is 29.5 Å². The number of primary amides is 2. The third-order valence-electron chi connectivity index (χ3n) is 4.68. The maximum Gasteiger partial charge on any atom is 0.326 e. The fourth-order valence-corrected chi connectivity index (χ4v) is 2.89. The highest BCUT2D eigenvalue weighted by atomic mass is 16.4. The third kappa shape index (κ3) is 10.6. The van der Waals surface area contributed by atoms with Crippen LogP contribution < -0.4 is 33.2 Å². The lowest BCUT2D eigenvalue weighted by Gasteiger charge is -2.24. The van der Waals surface area contributed by atoms with Crippen molar-refractivity contribution in [3.63, 3.8) is 0 Å². The molecule has 0 saturated carbocycles. The van der Waals surface area contributed by atoms with E-state index in [4.69, 9.17) is 22.3 Å². The third-order valence-corrected chi connectivity index (χ3v) is 4.68. The van der Waals surface area contributed by atoms with E-state index in [0.717, 1.165) is 0 Å². The molecule has 1 aromatic heterocycles. The maximum absolute atomic E-state index is 13.0. The van der Waals surface area contributed by atoms with Crippen LogP contribution in [0.1, 0.15) is 31.4 Å². The molecule has 0 aliphatic carbocycles. The average Bonchev–Trinajstić information content (AvgIpc) is 3.27. The predicted molar refractivity (Wildman–Crippen MR) is 118 cm³/mol. The Hall–Kier alpha value is -4.54. The van der Waals surface area contributed by atoms with Gasteiger partial charge in [-0.1, -0.05) is 0 Å². The van der Waals surface area contributed by atoms with Crippen molar-refractivity contribution in [2.75, 3.05) is 0 Å². The van der Waals surface area contributed by atoms with E-state index in [1.54, 1.807) is 0 Å². The Morgan fingerprint density at radius 2 is 1.44 bits per heavy atom. The van der Waals surface area contributed by atoms with Crippen LogP contribution in [0.5, 0.6) is 0 Å². The number of nitrogens with two attached hydrogens (primary N) is 3. The first-order chi connectivity index (χ1) is 16.8. The van der Waals surface area contributed by atoms with Crippen molar-refractivity contribution < 1.29 is 43.8 Å². The molecule has 1 rings (SSSR count). The van der Waals surface area contributed by atoms with E-state index in [1.807, 2.05) is 5.32 Å². The summed E-state index contributed by atoms with van der Waals surface area (Å²) in [5.41, 5.74) is 16.0. The Labute approximate surface area is 203 Å². The van der Waals surface area contributed by atoms with E-state index in [-0.39, 0.29) is 19.3 Å². The lowest BCUT2D eigenvalue weighted by atomic mass is 10.1. The number of nitrogens with one attached hydrogen (secondary N) is 4. The number of H-pyrrole nitrogens is 1. The molecule has 0 spiro atoms. The Bertz CT molecular complexity index is 982. The van der Waals surface area contributed by atoms with Crippen molar-refractivity contribution in [3.05, 3.63) is 18.2 Å². The smallest absolute Gasteiger partial charge is 0.326 e. The second kappa shape index (κ2) is 14.0. The number of aliphatic carboxylic acids is 2. The van der Waals surface area contributed by atoms with Crippen molar-refractivity contribution in [2.24, 2.45) is 17.2 Å². The van der Waals surface area contributed by atoms with Crippen molar-refractivity contribution in [1.82, 2.24) is 25.9 Å². The normalized spacial score (nSPS) is 13.9. The van der Waals surface area contributed by atoms with Crippen LogP contribution >= 0.6 is 0 Å². The molecule has 0 aromatic carbocycles. The van der Waals surface area contributed by atoms with Gasteiger partial charge < -0.3 is 48.3 Å². The number of carboxylic acids is 2. The van der Waals surface area contributed by atoms with Crippen molar-refractivity contribution >= 4 is 41.5 Å². The van der Waals surface area contributed by atoms with Gasteiger partial charge in [-0.25, -0.2) is 9.78 Å². The van der Waals surface area contributed by atoms with Gasteiger partial charge in [0.15, 0.2) is 0 Å². The molecule has 17 heteroatoms. The summed E-state index contributed by atoms with van der Waals surface area (Å²) in [6.07, 6.45) is 0.280. The molecule has 0 bridgehead atoms. The highest BCUT2D eigenvalue weighted by molar-refractivity contribution is 5.95. The first-order valence-electron chi connectivity index (χ1n) is 10.4. The maximum atomic E-state index is 13.0. The lowest BCUT2D eigenvalue weighted by molar-refractivity contribution is -0.147. The zero-order valence-corrected chi connectivity index (χ0v) is 18.9. The van der Waals surface area contributed by atoms with E-state index < -0.39 is 78.5 Å². The molecular weight excluding hydrogens is 484 g/mol. The fraction of sp³-hybridized carbons (Fsp3) is 0.474. The molecule has 198 valence electrons. The summed E-state index contributed by atoms with van der Waals surface area (Å²) < 4.78 is 0. The van der Waals surface area contributed by atoms with Crippen LogP contribution in [-0.2, 0) is 40.0 Å². The van der Waals surface area contributed by atoms with E-state index in [2.05, 4.69) is 20.6 Å². The van der Waals surface area contributed by atoms with Gasteiger partial charge in [0.1, 0.15) is 18.1 Å². The zero-order chi connectivity index (χ0) is 27.4. The zero-order valence-electron chi connectivity index (χ0n) is 18.9. The van der Waals surface area contributed by atoms with Gasteiger partial charge >= 0.3 is 11.9 Å². The molecule has 0 aliphatic rings. The van der Waals surface area contributed by atoms with Gasteiger partial charge in [-0.05, 0) is 6.42 Å². The second-order valence-electron chi connectivity index (χ2n) is 7.68. The summed E-state index contributed by atoms with van der Waals surface area (Å²) in [7, 11) is 0. The van der Waals surface area contributed by atoms with Crippen LogP contribution in [0.25, 0.3) is 0 Å². The van der Waals surface area contributed by atoms with Crippen LogP contribution in [0, 0.1) is 0 Å². The van der Waals surface area contributed by atoms with E-state index in [0.29, 0.717) is 5.69 Å². The molecule has 36 heavy (non-hydrogen) atoms. The molecular formula is C19H28N8O9. The monoisotopic (exact) mass is 512 g/mol. The number of nitrogens with zero attached hydrogens (tertiary/aromatic N) is 1. The van der Waals surface area contributed by atoms with Crippen LogP contribution in [0.4, 0.5) is 0 Å². The van der Waals surface area contributed by atoms with Crippen molar-refractivity contribution in [3.8, 4) is 0 Å². The van der Waals surface area contributed by atoms with Crippen LogP contribution in [0.2, 0.25) is 0 Å². The van der Waals surface area contributed by atoms with Crippen molar-refractivity contribution in [1.29, 1.82) is 0 Å². The molecule has 0 aliphatic heterocycles. The average molecular weight is 512 g/mol.